The van der Waals surface area contributed by atoms with Crippen LogP contribution in [0.15, 0.2) is 42.8 Å². The summed E-state index contributed by atoms with van der Waals surface area (Å²) in [6.45, 7) is 1.98. The number of nitrogens with zero attached hydrogens (tertiary/aromatic N) is 3. The van der Waals surface area contributed by atoms with Crippen LogP contribution in [0.4, 0.5) is 0 Å². The summed E-state index contributed by atoms with van der Waals surface area (Å²) in [5.74, 6) is 0.488. The van der Waals surface area contributed by atoms with Crippen LogP contribution < -0.4 is 0 Å². The van der Waals surface area contributed by atoms with Crippen LogP contribution in [0.3, 0.4) is 0 Å². The third kappa shape index (κ3) is 1.55. The molecule has 0 fully saturated rings. The van der Waals surface area contributed by atoms with E-state index in [4.69, 9.17) is 5.26 Å². The van der Waals surface area contributed by atoms with Crippen molar-refractivity contribution in [3.8, 4) is 6.07 Å². The minimum atomic E-state index is -0.412. The maximum Gasteiger partial charge on any atom is 0.139 e. The molecule has 2 unspecified atom stereocenters. The number of hydrogen-bond acceptors (Lipinski definition) is 3. The van der Waals surface area contributed by atoms with Gasteiger partial charge < -0.3 is 0 Å². The monoisotopic (exact) mass is 197 g/mol. The second-order valence-corrected chi connectivity index (χ2v) is 3.71. The molecule has 1 heterocycles. The number of nitriles is 1. The molecule has 1 aliphatic carbocycles. The lowest BCUT2D eigenvalue weighted by Crippen LogP contribution is -2.31. The fourth-order valence-electron chi connectivity index (χ4n) is 1.70. The van der Waals surface area contributed by atoms with Crippen molar-refractivity contribution in [2.75, 3.05) is 0 Å². The maximum atomic E-state index is 9.10. The third-order valence-electron chi connectivity index (χ3n) is 2.69. The van der Waals surface area contributed by atoms with Gasteiger partial charge in [0, 0.05) is 12.4 Å². The second-order valence-electron chi connectivity index (χ2n) is 3.71. The van der Waals surface area contributed by atoms with Crippen LogP contribution in [0.2, 0.25) is 0 Å². The first kappa shape index (κ1) is 9.60. The molecule has 0 N–H and O–H groups in total. The zero-order valence-corrected chi connectivity index (χ0v) is 8.46. The summed E-state index contributed by atoms with van der Waals surface area (Å²) in [4.78, 5) is 8.45. The van der Waals surface area contributed by atoms with E-state index in [9.17, 15) is 0 Å². The van der Waals surface area contributed by atoms with Crippen LogP contribution in [0, 0.1) is 17.2 Å². The molecule has 1 aromatic heterocycles. The third-order valence-corrected chi connectivity index (χ3v) is 2.69. The predicted molar refractivity (Wildman–Crippen MR) is 56.8 cm³/mol. The molecule has 0 saturated heterocycles. The van der Waals surface area contributed by atoms with E-state index < -0.39 is 5.41 Å². The largest absolute Gasteiger partial charge is 0.240 e. The summed E-state index contributed by atoms with van der Waals surface area (Å²) < 4.78 is 0. The molecule has 3 heteroatoms. The van der Waals surface area contributed by atoms with Gasteiger partial charge in [-0.15, -0.1) is 0 Å². The van der Waals surface area contributed by atoms with Gasteiger partial charge in [-0.05, 0) is 13.0 Å². The van der Waals surface area contributed by atoms with Crippen molar-refractivity contribution in [3.63, 3.8) is 0 Å². The van der Waals surface area contributed by atoms with Gasteiger partial charge in [-0.2, -0.15) is 5.26 Å². The molecule has 15 heavy (non-hydrogen) atoms. The molecule has 1 aliphatic rings. The van der Waals surface area contributed by atoms with E-state index in [1.165, 1.54) is 0 Å². The second kappa shape index (κ2) is 3.66. The van der Waals surface area contributed by atoms with Crippen LogP contribution in [0.1, 0.15) is 12.7 Å². The number of aromatic nitrogens is 2. The van der Waals surface area contributed by atoms with Gasteiger partial charge >= 0.3 is 0 Å². The maximum absolute atomic E-state index is 9.10. The molecular weight excluding hydrogens is 186 g/mol. The van der Waals surface area contributed by atoms with E-state index in [0.29, 0.717) is 5.82 Å². The van der Waals surface area contributed by atoms with Crippen LogP contribution >= 0.6 is 0 Å². The Balaban J connectivity index is 2.47. The Bertz CT molecular complexity index is 442. The minimum absolute atomic E-state index is 0.204. The molecule has 3 nitrogen and oxygen atoms in total. The molecule has 2 rings (SSSR count). The van der Waals surface area contributed by atoms with Gasteiger partial charge in [0.05, 0.1) is 17.4 Å². The van der Waals surface area contributed by atoms with E-state index in [1.807, 2.05) is 31.2 Å². The molecule has 0 aromatic carbocycles. The average molecular weight is 197 g/mol. The Labute approximate surface area is 88.8 Å². The number of hydrogen-bond donors (Lipinski definition) is 0. The molecular formula is C12H11N3. The Kier molecular flexibility index (Phi) is 2.34. The van der Waals surface area contributed by atoms with Crippen molar-refractivity contribution in [1.29, 1.82) is 5.26 Å². The topological polar surface area (TPSA) is 49.6 Å². The molecule has 74 valence electrons. The van der Waals surface area contributed by atoms with E-state index in [2.05, 4.69) is 16.0 Å². The lowest BCUT2D eigenvalue weighted by molar-refractivity contribution is 0.475. The molecule has 0 amide bonds. The molecule has 0 radical (unpaired) electrons. The van der Waals surface area contributed by atoms with Gasteiger partial charge in [-0.3, -0.25) is 0 Å². The van der Waals surface area contributed by atoms with E-state index in [1.54, 1.807) is 18.5 Å². The first-order valence-electron chi connectivity index (χ1n) is 4.80. The van der Waals surface area contributed by atoms with Gasteiger partial charge in [0.2, 0.25) is 0 Å². The lowest BCUT2D eigenvalue weighted by Gasteiger charge is -2.28. The van der Waals surface area contributed by atoms with Crippen molar-refractivity contribution < 1.29 is 0 Å². The normalized spacial score (nSPS) is 28.7. The highest BCUT2D eigenvalue weighted by Gasteiger charge is 2.35. The summed E-state index contributed by atoms with van der Waals surface area (Å²) in [6, 6.07) is 4.05. The summed E-state index contributed by atoms with van der Waals surface area (Å²) >= 11 is 0. The smallest absolute Gasteiger partial charge is 0.139 e. The standard InChI is InChI=1S/C12H11N3/c1-12(11-14-7-4-8-15-11)6-3-2-5-10(12)9-13/h2-8,10H,1H3. The highest BCUT2D eigenvalue weighted by molar-refractivity contribution is 5.33. The first-order valence-corrected chi connectivity index (χ1v) is 4.80. The molecule has 0 spiro atoms. The molecule has 0 saturated carbocycles. The molecule has 0 aliphatic heterocycles. The summed E-state index contributed by atoms with van der Waals surface area (Å²) in [7, 11) is 0. The zero-order chi connectivity index (χ0) is 10.7. The Morgan fingerprint density at radius 2 is 2.07 bits per heavy atom. The first-order chi connectivity index (χ1) is 7.27. The van der Waals surface area contributed by atoms with E-state index in [0.717, 1.165) is 0 Å². The van der Waals surface area contributed by atoms with Crippen LogP contribution in [-0.4, -0.2) is 9.97 Å². The van der Waals surface area contributed by atoms with Gasteiger partial charge in [0.1, 0.15) is 5.82 Å². The highest BCUT2D eigenvalue weighted by atomic mass is 14.9. The number of rotatable bonds is 1. The van der Waals surface area contributed by atoms with Crippen LogP contribution in [-0.2, 0) is 5.41 Å². The molecule has 2 atom stereocenters. The average Bonchev–Trinajstić information content (AvgIpc) is 2.31. The predicted octanol–water partition coefficient (Wildman–Crippen LogP) is 2.00. The minimum Gasteiger partial charge on any atom is -0.240 e. The fourth-order valence-corrected chi connectivity index (χ4v) is 1.70. The van der Waals surface area contributed by atoms with Crippen molar-refractivity contribution in [2.45, 2.75) is 12.3 Å². The van der Waals surface area contributed by atoms with E-state index >= 15 is 0 Å². The van der Waals surface area contributed by atoms with Crippen molar-refractivity contribution >= 4 is 0 Å². The van der Waals surface area contributed by atoms with Gasteiger partial charge in [0.25, 0.3) is 0 Å². The Morgan fingerprint density at radius 1 is 1.33 bits per heavy atom. The SMILES string of the molecule is CC1(c2ncccn2)C=CC=CC1C#N. The van der Waals surface area contributed by atoms with Crippen LogP contribution in [0.25, 0.3) is 0 Å². The van der Waals surface area contributed by atoms with Crippen molar-refractivity contribution in [3.05, 3.63) is 48.6 Å². The van der Waals surface area contributed by atoms with Gasteiger partial charge in [-0.25, -0.2) is 9.97 Å². The summed E-state index contributed by atoms with van der Waals surface area (Å²) in [5.41, 5.74) is -0.412. The zero-order valence-electron chi connectivity index (χ0n) is 8.46. The quantitative estimate of drug-likeness (QED) is 0.691. The van der Waals surface area contributed by atoms with Crippen LogP contribution in [0.5, 0.6) is 0 Å². The van der Waals surface area contributed by atoms with Gasteiger partial charge in [0.15, 0.2) is 0 Å². The number of allylic oxidation sites excluding steroid dienone is 4. The van der Waals surface area contributed by atoms with E-state index in [-0.39, 0.29) is 5.92 Å². The van der Waals surface area contributed by atoms with Crippen molar-refractivity contribution in [2.24, 2.45) is 5.92 Å². The lowest BCUT2D eigenvalue weighted by atomic mass is 9.74. The summed E-state index contributed by atoms with van der Waals surface area (Å²) in [6.07, 6.45) is 11.1. The highest BCUT2D eigenvalue weighted by Crippen LogP contribution is 2.34. The molecule has 0 bridgehead atoms. The summed E-state index contributed by atoms with van der Waals surface area (Å²) in [5, 5.41) is 9.10. The Morgan fingerprint density at radius 3 is 2.73 bits per heavy atom. The van der Waals surface area contributed by atoms with Crippen molar-refractivity contribution in [1.82, 2.24) is 9.97 Å². The Hall–Kier alpha value is -1.95. The van der Waals surface area contributed by atoms with Gasteiger partial charge in [-0.1, -0.05) is 24.3 Å². The molecule has 1 aromatic rings. The fraction of sp³-hybridized carbons (Fsp3) is 0.250.